The molecule has 0 aliphatic carbocycles. The molecule has 2 aromatic rings. The third-order valence-electron chi connectivity index (χ3n) is 4.06. The van der Waals surface area contributed by atoms with E-state index in [4.69, 9.17) is 4.74 Å². The molecule has 22 heavy (non-hydrogen) atoms. The Morgan fingerprint density at radius 3 is 2.18 bits per heavy atom. The van der Waals surface area contributed by atoms with Crippen molar-refractivity contribution < 1.29 is 14.9 Å². The quantitative estimate of drug-likeness (QED) is 0.803. The molecular formula is C19H22O3. The van der Waals surface area contributed by atoms with Crippen LogP contribution in [0.15, 0.2) is 67.3 Å². The maximum absolute atomic E-state index is 10.9. The topological polar surface area (TPSA) is 49.7 Å². The van der Waals surface area contributed by atoms with Crippen LogP contribution in [-0.2, 0) is 5.60 Å². The fourth-order valence-electron chi connectivity index (χ4n) is 2.64. The van der Waals surface area contributed by atoms with Gasteiger partial charge in [0.15, 0.2) is 0 Å². The summed E-state index contributed by atoms with van der Waals surface area (Å²) < 4.78 is 5.12. The minimum absolute atomic E-state index is 0.539. The van der Waals surface area contributed by atoms with Gasteiger partial charge in [0.1, 0.15) is 5.75 Å². The molecule has 0 aromatic heterocycles. The zero-order valence-corrected chi connectivity index (χ0v) is 12.9. The molecule has 0 saturated carbocycles. The minimum Gasteiger partial charge on any atom is -0.497 e. The Kier molecular flexibility index (Phi) is 5.01. The highest BCUT2D eigenvalue weighted by Gasteiger charge is 2.37. The monoisotopic (exact) mass is 298 g/mol. The average Bonchev–Trinajstić information content (AvgIpc) is 2.56. The van der Waals surface area contributed by atoms with E-state index in [0.29, 0.717) is 5.56 Å². The highest BCUT2D eigenvalue weighted by Crippen LogP contribution is 2.38. The van der Waals surface area contributed by atoms with Crippen molar-refractivity contribution in [1.29, 1.82) is 0 Å². The van der Waals surface area contributed by atoms with Gasteiger partial charge in [-0.05, 0) is 30.2 Å². The van der Waals surface area contributed by atoms with Gasteiger partial charge in [-0.2, -0.15) is 0 Å². The summed E-state index contributed by atoms with van der Waals surface area (Å²) >= 11 is 0. The molecule has 0 heterocycles. The molecule has 0 radical (unpaired) electrons. The van der Waals surface area contributed by atoms with Crippen LogP contribution in [0.1, 0.15) is 24.2 Å². The van der Waals surface area contributed by atoms with E-state index in [1.54, 1.807) is 44.4 Å². The largest absolute Gasteiger partial charge is 0.497 e. The maximum atomic E-state index is 10.9. The van der Waals surface area contributed by atoms with Gasteiger partial charge >= 0.3 is 0 Å². The number of hydrogen-bond acceptors (Lipinski definition) is 3. The Balaban J connectivity index is 2.31. The lowest BCUT2D eigenvalue weighted by atomic mass is 9.77. The molecule has 0 spiro atoms. The van der Waals surface area contributed by atoms with Crippen molar-refractivity contribution in [3.05, 3.63) is 78.4 Å². The summed E-state index contributed by atoms with van der Waals surface area (Å²) in [4.78, 5) is 0. The predicted molar refractivity (Wildman–Crippen MR) is 87.7 cm³/mol. The fourth-order valence-corrected chi connectivity index (χ4v) is 2.64. The summed E-state index contributed by atoms with van der Waals surface area (Å²) in [5.74, 6) is 0.184. The molecule has 0 saturated heterocycles. The Bertz CT molecular complexity index is 602. The first-order chi connectivity index (χ1) is 10.5. The summed E-state index contributed by atoms with van der Waals surface area (Å²) in [6.07, 6.45) is 0.737. The Morgan fingerprint density at radius 2 is 1.68 bits per heavy atom. The smallest absolute Gasteiger partial charge is 0.118 e. The summed E-state index contributed by atoms with van der Waals surface area (Å²) in [5, 5.41) is 21.6. The number of rotatable bonds is 6. The van der Waals surface area contributed by atoms with Gasteiger partial charge in [0.05, 0.1) is 18.8 Å². The van der Waals surface area contributed by atoms with Gasteiger partial charge in [-0.1, -0.05) is 48.5 Å². The molecule has 0 aliphatic rings. The number of hydrogen-bond donors (Lipinski definition) is 2. The molecule has 2 aromatic carbocycles. The molecule has 2 N–H and O–H groups in total. The summed E-state index contributed by atoms with van der Waals surface area (Å²) in [5.41, 5.74) is 0.233. The molecule has 3 atom stereocenters. The molecule has 0 aliphatic heterocycles. The second kappa shape index (κ2) is 6.77. The van der Waals surface area contributed by atoms with Crippen LogP contribution in [0, 0.1) is 5.92 Å². The Morgan fingerprint density at radius 1 is 1.09 bits per heavy atom. The van der Waals surface area contributed by atoms with E-state index >= 15 is 0 Å². The average molecular weight is 298 g/mol. The summed E-state index contributed by atoms with van der Waals surface area (Å²) in [6, 6.07) is 16.5. The van der Waals surface area contributed by atoms with Gasteiger partial charge in [-0.3, -0.25) is 0 Å². The Labute approximate surface area is 131 Å². The minimum atomic E-state index is -1.22. The molecule has 2 rings (SSSR count). The van der Waals surface area contributed by atoms with Crippen LogP contribution in [0.3, 0.4) is 0 Å². The molecule has 0 fully saturated rings. The highest BCUT2D eigenvalue weighted by molar-refractivity contribution is 5.31. The van der Waals surface area contributed by atoms with Crippen molar-refractivity contribution in [2.24, 2.45) is 5.92 Å². The number of aliphatic hydroxyl groups excluding tert-OH is 1. The normalized spacial score (nSPS) is 16.4. The van der Waals surface area contributed by atoms with E-state index in [0.717, 1.165) is 11.3 Å². The first-order valence-electron chi connectivity index (χ1n) is 7.23. The molecule has 3 heteroatoms. The van der Waals surface area contributed by atoms with Crippen molar-refractivity contribution in [1.82, 2.24) is 0 Å². The number of aliphatic hydroxyl groups is 2. The SMILES string of the molecule is C=C[C@H]([C@@H](O)c1ccc(OC)cc1)[C@@](C)(O)c1ccccc1. The third-order valence-corrected chi connectivity index (χ3v) is 4.06. The van der Waals surface area contributed by atoms with E-state index in [-0.39, 0.29) is 0 Å². The molecule has 116 valence electrons. The third kappa shape index (κ3) is 3.21. The predicted octanol–water partition coefficient (Wildman–Crippen LogP) is 3.44. The first-order valence-corrected chi connectivity index (χ1v) is 7.23. The van der Waals surface area contributed by atoms with Crippen LogP contribution in [0.5, 0.6) is 5.75 Å². The van der Waals surface area contributed by atoms with E-state index in [2.05, 4.69) is 6.58 Å². The Hall–Kier alpha value is -2.10. The number of methoxy groups -OCH3 is 1. The van der Waals surface area contributed by atoms with E-state index < -0.39 is 17.6 Å². The lowest BCUT2D eigenvalue weighted by Gasteiger charge is -2.34. The van der Waals surface area contributed by atoms with Gasteiger partial charge in [0.25, 0.3) is 0 Å². The molecule has 0 unspecified atom stereocenters. The van der Waals surface area contributed by atoms with Gasteiger partial charge in [0, 0.05) is 5.92 Å². The number of benzene rings is 2. The summed E-state index contributed by atoms with van der Waals surface area (Å²) in [7, 11) is 1.60. The maximum Gasteiger partial charge on any atom is 0.118 e. The van der Waals surface area contributed by atoms with Crippen LogP contribution in [-0.4, -0.2) is 17.3 Å². The van der Waals surface area contributed by atoms with Gasteiger partial charge in [-0.15, -0.1) is 6.58 Å². The lowest BCUT2D eigenvalue weighted by molar-refractivity contribution is -0.0432. The van der Waals surface area contributed by atoms with Crippen LogP contribution in [0.25, 0.3) is 0 Å². The van der Waals surface area contributed by atoms with Crippen LogP contribution in [0.4, 0.5) is 0 Å². The van der Waals surface area contributed by atoms with Gasteiger partial charge < -0.3 is 14.9 Å². The zero-order valence-electron chi connectivity index (χ0n) is 12.9. The highest BCUT2D eigenvalue weighted by atomic mass is 16.5. The lowest BCUT2D eigenvalue weighted by Crippen LogP contribution is -2.34. The molecule has 3 nitrogen and oxygen atoms in total. The molecular weight excluding hydrogens is 276 g/mol. The van der Waals surface area contributed by atoms with E-state index in [1.165, 1.54) is 0 Å². The second-order valence-electron chi connectivity index (χ2n) is 5.49. The molecule has 0 amide bonds. The van der Waals surface area contributed by atoms with Gasteiger partial charge in [-0.25, -0.2) is 0 Å². The standard InChI is InChI=1S/C19H22O3/c1-4-17(19(2,21)15-8-6-5-7-9-15)18(20)14-10-12-16(22-3)13-11-14/h4-13,17-18,20-21H,1H2,2-3H3/t17-,18+,19+/m1/s1. The van der Waals surface area contributed by atoms with Crippen molar-refractivity contribution in [2.75, 3.05) is 7.11 Å². The number of ether oxygens (including phenoxy) is 1. The fraction of sp³-hybridized carbons (Fsp3) is 0.263. The van der Waals surface area contributed by atoms with Crippen LogP contribution in [0.2, 0.25) is 0 Å². The van der Waals surface area contributed by atoms with Crippen LogP contribution >= 0.6 is 0 Å². The van der Waals surface area contributed by atoms with Crippen molar-refractivity contribution in [2.45, 2.75) is 18.6 Å². The zero-order chi connectivity index (χ0) is 16.2. The summed E-state index contributed by atoms with van der Waals surface area (Å²) in [6.45, 7) is 5.48. The van der Waals surface area contributed by atoms with E-state index in [9.17, 15) is 10.2 Å². The first kappa shape index (κ1) is 16.3. The van der Waals surface area contributed by atoms with Gasteiger partial charge in [0.2, 0.25) is 0 Å². The van der Waals surface area contributed by atoms with E-state index in [1.807, 2.05) is 30.3 Å². The van der Waals surface area contributed by atoms with Crippen LogP contribution < -0.4 is 4.74 Å². The van der Waals surface area contributed by atoms with Crippen molar-refractivity contribution >= 4 is 0 Å². The second-order valence-corrected chi connectivity index (χ2v) is 5.49. The van der Waals surface area contributed by atoms with Crippen molar-refractivity contribution in [3.8, 4) is 5.75 Å². The van der Waals surface area contributed by atoms with Crippen molar-refractivity contribution in [3.63, 3.8) is 0 Å². The molecule has 0 bridgehead atoms.